The van der Waals surface area contributed by atoms with Gasteiger partial charge in [-0.05, 0) is 25.5 Å². The lowest BCUT2D eigenvalue weighted by Crippen LogP contribution is -2.22. The van der Waals surface area contributed by atoms with Crippen LogP contribution in [-0.2, 0) is 0 Å². The summed E-state index contributed by atoms with van der Waals surface area (Å²) in [6.07, 6.45) is 3.20. The first kappa shape index (κ1) is 19.0. The second-order valence-corrected chi connectivity index (χ2v) is 7.03. The molecule has 0 unspecified atom stereocenters. The van der Waals surface area contributed by atoms with Gasteiger partial charge in [0.2, 0.25) is 0 Å². The highest BCUT2D eigenvalue weighted by molar-refractivity contribution is 6.04. The molecule has 0 saturated heterocycles. The van der Waals surface area contributed by atoms with Crippen molar-refractivity contribution in [1.29, 1.82) is 0 Å². The minimum atomic E-state index is -1.02. The van der Waals surface area contributed by atoms with Crippen LogP contribution in [0.4, 0.5) is 0 Å². The molecule has 0 aromatic heterocycles. The molecule has 2 aromatic carbocycles. The molecule has 5 heteroatoms. The van der Waals surface area contributed by atoms with Crippen LogP contribution >= 0.6 is 0 Å². The Morgan fingerprint density at radius 1 is 1.15 bits per heavy atom. The van der Waals surface area contributed by atoms with Crippen LogP contribution in [0.15, 0.2) is 42.5 Å². The van der Waals surface area contributed by atoms with E-state index in [1.54, 1.807) is 39.2 Å². The number of rotatable bonds is 5. The maximum atomic E-state index is 12.9. The van der Waals surface area contributed by atoms with Gasteiger partial charge >= 0.3 is 0 Å². The van der Waals surface area contributed by atoms with E-state index >= 15 is 0 Å². The van der Waals surface area contributed by atoms with Crippen molar-refractivity contribution in [3.05, 3.63) is 59.2 Å². The fourth-order valence-electron chi connectivity index (χ4n) is 3.10. The molecule has 142 valence electrons. The van der Waals surface area contributed by atoms with Crippen molar-refractivity contribution < 1.29 is 24.1 Å². The quantitative estimate of drug-likeness (QED) is 0.857. The second kappa shape index (κ2) is 7.45. The summed E-state index contributed by atoms with van der Waals surface area (Å²) >= 11 is 0. The number of ether oxygens (including phenoxy) is 3. The summed E-state index contributed by atoms with van der Waals surface area (Å²) in [5.74, 6) is 1.28. The van der Waals surface area contributed by atoms with E-state index in [9.17, 15) is 9.90 Å². The van der Waals surface area contributed by atoms with Crippen molar-refractivity contribution in [2.45, 2.75) is 32.0 Å². The van der Waals surface area contributed by atoms with Crippen molar-refractivity contribution in [2.75, 3.05) is 14.2 Å². The van der Waals surface area contributed by atoms with Crippen LogP contribution in [0.5, 0.6) is 17.2 Å². The minimum Gasteiger partial charge on any atom is -0.496 e. The van der Waals surface area contributed by atoms with E-state index in [-0.39, 0.29) is 12.2 Å². The van der Waals surface area contributed by atoms with Gasteiger partial charge in [0.05, 0.1) is 31.8 Å². The average Bonchev–Trinajstić information content (AvgIpc) is 2.65. The standard InChI is InChI=1S/C22H24O5/c1-22(2,24)11-10-15-18(25-3)13-19(26-4)20-16(23)12-17(27-21(15)20)14-8-6-5-7-9-14/h5-11,13,17,24H,12H2,1-4H3/b11-10+/t17-/m1/s1. The number of aliphatic hydroxyl groups is 1. The van der Waals surface area contributed by atoms with Crippen LogP contribution in [0.25, 0.3) is 6.08 Å². The molecule has 1 aliphatic rings. The molecule has 0 aliphatic carbocycles. The van der Waals surface area contributed by atoms with Crippen molar-refractivity contribution in [2.24, 2.45) is 0 Å². The summed E-state index contributed by atoms with van der Waals surface area (Å²) in [6, 6.07) is 11.3. The monoisotopic (exact) mass is 368 g/mol. The topological polar surface area (TPSA) is 65.0 Å². The fraction of sp³-hybridized carbons (Fsp3) is 0.318. The summed E-state index contributed by atoms with van der Waals surface area (Å²) < 4.78 is 17.2. The summed E-state index contributed by atoms with van der Waals surface area (Å²) in [6.45, 7) is 3.34. The first-order chi connectivity index (χ1) is 12.8. The fourth-order valence-corrected chi connectivity index (χ4v) is 3.10. The van der Waals surface area contributed by atoms with E-state index in [4.69, 9.17) is 14.2 Å². The molecule has 5 nitrogen and oxygen atoms in total. The molecule has 3 rings (SSSR count). The number of methoxy groups -OCH3 is 2. The van der Waals surface area contributed by atoms with E-state index < -0.39 is 11.7 Å². The Morgan fingerprint density at radius 3 is 2.41 bits per heavy atom. The molecular weight excluding hydrogens is 344 g/mol. The van der Waals surface area contributed by atoms with E-state index in [1.165, 1.54) is 7.11 Å². The molecule has 1 heterocycles. The lowest BCUT2D eigenvalue weighted by atomic mass is 9.92. The van der Waals surface area contributed by atoms with Gasteiger partial charge in [0.25, 0.3) is 0 Å². The first-order valence-electron chi connectivity index (χ1n) is 8.79. The summed E-state index contributed by atoms with van der Waals surface area (Å²) in [4.78, 5) is 12.9. The average molecular weight is 368 g/mol. The Balaban J connectivity index is 2.17. The zero-order chi connectivity index (χ0) is 19.6. The number of carbonyl (C=O) groups is 1. The van der Waals surface area contributed by atoms with Crippen LogP contribution in [0.2, 0.25) is 0 Å². The summed E-state index contributed by atoms with van der Waals surface area (Å²) in [7, 11) is 3.06. The number of fused-ring (bicyclic) bond motifs is 1. The first-order valence-corrected chi connectivity index (χ1v) is 8.79. The Kier molecular flexibility index (Phi) is 5.24. The van der Waals surface area contributed by atoms with E-state index in [0.717, 1.165) is 5.56 Å². The molecule has 0 saturated carbocycles. The predicted molar refractivity (Wildman–Crippen MR) is 104 cm³/mol. The third-order valence-corrected chi connectivity index (χ3v) is 4.42. The number of benzene rings is 2. The molecule has 1 atom stereocenters. The second-order valence-electron chi connectivity index (χ2n) is 7.03. The molecular formula is C22H24O5. The highest BCUT2D eigenvalue weighted by Crippen LogP contribution is 2.46. The van der Waals surface area contributed by atoms with Crippen molar-refractivity contribution in [3.8, 4) is 17.2 Å². The van der Waals surface area contributed by atoms with Gasteiger partial charge in [0.1, 0.15) is 28.9 Å². The van der Waals surface area contributed by atoms with Crippen molar-refractivity contribution >= 4 is 11.9 Å². The molecule has 0 bridgehead atoms. The summed E-state index contributed by atoms with van der Waals surface area (Å²) in [5.41, 5.74) is 0.913. The maximum Gasteiger partial charge on any atom is 0.174 e. The van der Waals surface area contributed by atoms with Crippen LogP contribution < -0.4 is 14.2 Å². The predicted octanol–water partition coefficient (Wildman–Crippen LogP) is 4.19. The van der Waals surface area contributed by atoms with Gasteiger partial charge < -0.3 is 19.3 Å². The smallest absolute Gasteiger partial charge is 0.174 e. The Morgan fingerprint density at radius 2 is 1.81 bits per heavy atom. The number of carbonyl (C=O) groups excluding carboxylic acids is 1. The van der Waals surface area contributed by atoms with Gasteiger partial charge in [-0.3, -0.25) is 4.79 Å². The summed E-state index contributed by atoms with van der Waals surface area (Å²) in [5, 5.41) is 10.1. The number of hydrogen-bond donors (Lipinski definition) is 1. The largest absolute Gasteiger partial charge is 0.496 e. The zero-order valence-electron chi connectivity index (χ0n) is 16.0. The third kappa shape index (κ3) is 3.98. The van der Waals surface area contributed by atoms with Gasteiger partial charge in [-0.25, -0.2) is 0 Å². The van der Waals surface area contributed by atoms with E-state index in [2.05, 4.69) is 0 Å². The third-order valence-electron chi connectivity index (χ3n) is 4.42. The number of Topliss-reactive ketones (excluding diaryl/α,β-unsaturated/α-hetero) is 1. The molecule has 0 spiro atoms. The molecule has 1 aliphatic heterocycles. The van der Waals surface area contributed by atoms with E-state index in [1.807, 2.05) is 30.3 Å². The normalized spacial score (nSPS) is 16.8. The highest BCUT2D eigenvalue weighted by Gasteiger charge is 2.33. The SMILES string of the molecule is COc1cc(OC)c2c(c1/C=C/C(C)(C)O)O[C@@H](c1ccccc1)CC2=O. The van der Waals surface area contributed by atoms with Crippen molar-refractivity contribution in [3.63, 3.8) is 0 Å². The maximum absolute atomic E-state index is 12.9. The van der Waals surface area contributed by atoms with Crippen molar-refractivity contribution in [1.82, 2.24) is 0 Å². The van der Waals surface area contributed by atoms with Crippen LogP contribution in [0, 0.1) is 0 Å². The molecule has 1 N–H and O–H groups in total. The van der Waals surface area contributed by atoms with Gasteiger partial charge in [-0.1, -0.05) is 36.4 Å². The number of ketones is 1. The molecule has 0 fully saturated rings. The van der Waals surface area contributed by atoms with Gasteiger partial charge in [-0.15, -0.1) is 0 Å². The molecule has 2 aromatic rings. The molecule has 27 heavy (non-hydrogen) atoms. The Labute approximate surface area is 159 Å². The molecule has 0 amide bonds. The number of hydrogen-bond acceptors (Lipinski definition) is 5. The Bertz CT molecular complexity index is 863. The van der Waals surface area contributed by atoms with Crippen LogP contribution in [0.1, 0.15) is 47.9 Å². The zero-order valence-corrected chi connectivity index (χ0v) is 16.0. The van der Waals surface area contributed by atoms with Crippen LogP contribution in [-0.4, -0.2) is 30.7 Å². The van der Waals surface area contributed by atoms with Gasteiger partial charge in [0, 0.05) is 6.07 Å². The Hall–Kier alpha value is -2.79. The highest BCUT2D eigenvalue weighted by atomic mass is 16.5. The van der Waals surface area contributed by atoms with Crippen LogP contribution in [0.3, 0.4) is 0 Å². The lowest BCUT2D eigenvalue weighted by Gasteiger charge is -2.29. The van der Waals surface area contributed by atoms with Gasteiger partial charge in [-0.2, -0.15) is 0 Å². The van der Waals surface area contributed by atoms with E-state index in [0.29, 0.717) is 28.4 Å². The molecule has 0 radical (unpaired) electrons. The minimum absolute atomic E-state index is 0.0532. The van der Waals surface area contributed by atoms with Gasteiger partial charge in [0.15, 0.2) is 5.78 Å². The lowest BCUT2D eigenvalue weighted by molar-refractivity contribution is 0.0843.